The summed E-state index contributed by atoms with van der Waals surface area (Å²) in [7, 11) is 0. The van der Waals surface area contributed by atoms with Gasteiger partial charge in [0, 0.05) is 31.9 Å². The molecule has 0 unspecified atom stereocenters. The fraction of sp³-hybridized carbons (Fsp3) is 0.292. The molecule has 3 rings (SSSR count). The molecular weight excluding hydrogens is 360 g/mol. The minimum atomic E-state index is -0.0705. The van der Waals surface area contributed by atoms with Gasteiger partial charge in [0.1, 0.15) is 5.69 Å². The number of hydrogen-bond acceptors (Lipinski definition) is 4. The average molecular weight is 389 g/mol. The van der Waals surface area contributed by atoms with Crippen molar-refractivity contribution in [3.05, 3.63) is 89.2 Å². The van der Waals surface area contributed by atoms with Crippen LogP contribution in [0.3, 0.4) is 0 Å². The molecule has 0 atom stereocenters. The smallest absolute Gasteiger partial charge is 0.272 e. The first-order chi connectivity index (χ1) is 14.1. The van der Waals surface area contributed by atoms with Crippen LogP contribution in [-0.4, -0.2) is 33.9 Å². The van der Waals surface area contributed by atoms with Crippen LogP contribution < -0.4 is 4.90 Å². The SMILES string of the molecule is CCN(Cc1ccccc1)C(=O)c1cc(C)nc(N(CC)Cc2ccccc2)n1. The van der Waals surface area contributed by atoms with Gasteiger partial charge in [-0.15, -0.1) is 0 Å². The first-order valence-electron chi connectivity index (χ1n) is 10.1. The van der Waals surface area contributed by atoms with Crippen LogP contribution in [0.15, 0.2) is 66.7 Å². The summed E-state index contributed by atoms with van der Waals surface area (Å²) in [5.41, 5.74) is 3.52. The second-order valence-corrected chi connectivity index (χ2v) is 7.00. The normalized spacial score (nSPS) is 10.6. The van der Waals surface area contributed by atoms with Crippen LogP contribution in [0.4, 0.5) is 5.95 Å². The number of benzene rings is 2. The van der Waals surface area contributed by atoms with E-state index in [1.807, 2.05) is 67.3 Å². The molecule has 0 saturated heterocycles. The maximum Gasteiger partial charge on any atom is 0.272 e. The highest BCUT2D eigenvalue weighted by molar-refractivity contribution is 5.92. The molecule has 0 aliphatic rings. The Balaban J connectivity index is 1.83. The number of hydrogen-bond donors (Lipinski definition) is 0. The van der Waals surface area contributed by atoms with E-state index in [0.29, 0.717) is 31.3 Å². The van der Waals surface area contributed by atoms with E-state index in [1.165, 1.54) is 5.56 Å². The van der Waals surface area contributed by atoms with Crippen molar-refractivity contribution in [2.45, 2.75) is 33.9 Å². The number of carbonyl (C=O) groups excluding carboxylic acids is 1. The molecule has 150 valence electrons. The zero-order valence-corrected chi connectivity index (χ0v) is 17.4. The topological polar surface area (TPSA) is 49.3 Å². The van der Waals surface area contributed by atoms with Crippen molar-refractivity contribution in [2.75, 3.05) is 18.0 Å². The van der Waals surface area contributed by atoms with E-state index >= 15 is 0 Å². The largest absolute Gasteiger partial charge is 0.337 e. The standard InChI is InChI=1S/C24H28N4O/c1-4-27(17-20-12-8-6-9-13-20)23(29)22-16-19(3)25-24(26-22)28(5-2)18-21-14-10-7-11-15-21/h6-16H,4-5,17-18H2,1-3H3. The van der Waals surface area contributed by atoms with Gasteiger partial charge in [0.15, 0.2) is 0 Å². The Hall–Kier alpha value is -3.21. The Bertz CT molecular complexity index is 928. The molecule has 0 radical (unpaired) electrons. The van der Waals surface area contributed by atoms with E-state index in [0.717, 1.165) is 17.8 Å². The van der Waals surface area contributed by atoms with Crippen LogP contribution >= 0.6 is 0 Å². The summed E-state index contributed by atoms with van der Waals surface area (Å²) >= 11 is 0. The van der Waals surface area contributed by atoms with Crippen molar-refractivity contribution >= 4 is 11.9 Å². The highest BCUT2D eigenvalue weighted by atomic mass is 16.2. The zero-order chi connectivity index (χ0) is 20.6. The Morgan fingerprint density at radius 3 is 1.97 bits per heavy atom. The number of amides is 1. The molecule has 3 aromatic rings. The highest BCUT2D eigenvalue weighted by Crippen LogP contribution is 2.16. The third kappa shape index (κ3) is 5.41. The quantitative estimate of drug-likeness (QED) is 0.571. The van der Waals surface area contributed by atoms with E-state index in [2.05, 4.69) is 33.9 Å². The molecular formula is C24H28N4O. The molecule has 0 N–H and O–H groups in total. The molecule has 0 saturated carbocycles. The van der Waals surface area contributed by atoms with E-state index in [4.69, 9.17) is 0 Å². The summed E-state index contributed by atoms with van der Waals surface area (Å²) in [6.07, 6.45) is 0. The van der Waals surface area contributed by atoms with Gasteiger partial charge in [0.05, 0.1) is 0 Å². The second-order valence-electron chi connectivity index (χ2n) is 7.00. The monoisotopic (exact) mass is 388 g/mol. The zero-order valence-electron chi connectivity index (χ0n) is 17.4. The molecule has 0 spiro atoms. The lowest BCUT2D eigenvalue weighted by molar-refractivity contribution is 0.0746. The van der Waals surface area contributed by atoms with Crippen molar-refractivity contribution in [1.29, 1.82) is 0 Å². The summed E-state index contributed by atoms with van der Waals surface area (Å²) in [4.78, 5) is 26.3. The molecule has 5 heteroatoms. The van der Waals surface area contributed by atoms with Gasteiger partial charge in [-0.2, -0.15) is 0 Å². The Morgan fingerprint density at radius 2 is 1.41 bits per heavy atom. The van der Waals surface area contributed by atoms with Gasteiger partial charge < -0.3 is 9.80 Å². The number of aryl methyl sites for hydroxylation is 1. The summed E-state index contributed by atoms with van der Waals surface area (Å²) in [5.74, 6) is 0.523. The molecule has 1 heterocycles. The predicted octanol–water partition coefficient (Wildman–Crippen LogP) is 4.47. The predicted molar refractivity (Wildman–Crippen MR) is 117 cm³/mol. The molecule has 1 aromatic heterocycles. The fourth-order valence-electron chi connectivity index (χ4n) is 3.22. The summed E-state index contributed by atoms with van der Waals surface area (Å²) in [6.45, 7) is 8.62. The van der Waals surface area contributed by atoms with E-state index < -0.39 is 0 Å². The molecule has 5 nitrogen and oxygen atoms in total. The van der Waals surface area contributed by atoms with Crippen LogP contribution in [0, 0.1) is 6.92 Å². The lowest BCUT2D eigenvalue weighted by Gasteiger charge is -2.24. The first-order valence-corrected chi connectivity index (χ1v) is 10.1. The van der Waals surface area contributed by atoms with Crippen molar-refractivity contribution in [3.63, 3.8) is 0 Å². The number of nitrogens with zero attached hydrogens (tertiary/aromatic N) is 4. The van der Waals surface area contributed by atoms with Gasteiger partial charge in [-0.25, -0.2) is 9.97 Å². The van der Waals surface area contributed by atoms with Crippen LogP contribution in [0.1, 0.15) is 41.2 Å². The van der Waals surface area contributed by atoms with Gasteiger partial charge in [0.2, 0.25) is 5.95 Å². The van der Waals surface area contributed by atoms with Crippen molar-refractivity contribution < 1.29 is 4.79 Å². The maximum absolute atomic E-state index is 13.2. The maximum atomic E-state index is 13.2. The van der Waals surface area contributed by atoms with Gasteiger partial charge >= 0.3 is 0 Å². The summed E-state index contributed by atoms with van der Waals surface area (Å²) < 4.78 is 0. The van der Waals surface area contributed by atoms with Crippen LogP contribution in [-0.2, 0) is 13.1 Å². The molecule has 2 aromatic carbocycles. The molecule has 0 fully saturated rings. The average Bonchev–Trinajstić information content (AvgIpc) is 2.76. The fourth-order valence-corrected chi connectivity index (χ4v) is 3.22. The number of rotatable bonds is 8. The molecule has 29 heavy (non-hydrogen) atoms. The molecule has 0 aliphatic carbocycles. The second kappa shape index (κ2) is 9.82. The van der Waals surface area contributed by atoms with Crippen LogP contribution in [0.5, 0.6) is 0 Å². The number of carbonyl (C=O) groups is 1. The van der Waals surface area contributed by atoms with Crippen LogP contribution in [0.2, 0.25) is 0 Å². The van der Waals surface area contributed by atoms with Crippen LogP contribution in [0.25, 0.3) is 0 Å². The van der Waals surface area contributed by atoms with Crippen molar-refractivity contribution in [3.8, 4) is 0 Å². The van der Waals surface area contributed by atoms with Crippen molar-refractivity contribution in [1.82, 2.24) is 14.9 Å². The van der Waals surface area contributed by atoms with Gasteiger partial charge in [-0.1, -0.05) is 60.7 Å². The lowest BCUT2D eigenvalue weighted by atomic mass is 10.2. The lowest BCUT2D eigenvalue weighted by Crippen LogP contribution is -2.32. The van der Waals surface area contributed by atoms with Gasteiger partial charge in [-0.3, -0.25) is 4.79 Å². The van der Waals surface area contributed by atoms with Gasteiger partial charge in [-0.05, 0) is 38.0 Å². The summed E-state index contributed by atoms with van der Waals surface area (Å²) in [5, 5.41) is 0. The highest BCUT2D eigenvalue weighted by Gasteiger charge is 2.19. The first kappa shape index (κ1) is 20.5. The Kier molecular flexibility index (Phi) is 6.95. The molecule has 0 bridgehead atoms. The van der Waals surface area contributed by atoms with E-state index in [9.17, 15) is 4.79 Å². The number of anilines is 1. The minimum absolute atomic E-state index is 0.0705. The van der Waals surface area contributed by atoms with Crippen molar-refractivity contribution in [2.24, 2.45) is 0 Å². The Labute approximate surface area is 173 Å². The van der Waals surface area contributed by atoms with E-state index in [-0.39, 0.29) is 5.91 Å². The van der Waals surface area contributed by atoms with Gasteiger partial charge in [0.25, 0.3) is 5.91 Å². The Morgan fingerprint density at radius 1 is 0.828 bits per heavy atom. The third-order valence-electron chi connectivity index (χ3n) is 4.83. The molecule has 1 amide bonds. The minimum Gasteiger partial charge on any atom is -0.337 e. The third-order valence-corrected chi connectivity index (χ3v) is 4.83. The molecule has 0 aliphatic heterocycles. The number of aromatic nitrogens is 2. The van der Waals surface area contributed by atoms with E-state index in [1.54, 1.807) is 6.07 Å². The summed E-state index contributed by atoms with van der Waals surface area (Å²) in [6, 6.07) is 22.0.